The quantitative estimate of drug-likeness (QED) is 0.320. The lowest BCUT2D eigenvalue weighted by molar-refractivity contribution is 0.371. The van der Waals surface area contributed by atoms with Crippen molar-refractivity contribution in [1.82, 2.24) is 9.55 Å². The van der Waals surface area contributed by atoms with Crippen molar-refractivity contribution in [1.29, 1.82) is 0 Å². The Balaban J connectivity index is 1.89. The van der Waals surface area contributed by atoms with E-state index in [1.807, 2.05) is 56.3 Å². The second-order valence-corrected chi connectivity index (χ2v) is 8.95. The first-order chi connectivity index (χ1) is 16.8. The topological polar surface area (TPSA) is 53.3 Å². The van der Waals surface area contributed by atoms with Crippen LogP contribution >= 0.6 is 0 Å². The summed E-state index contributed by atoms with van der Waals surface area (Å²) in [6, 6.07) is 17.8. The number of rotatable bonds is 7. The highest BCUT2D eigenvalue weighted by Gasteiger charge is 2.16. The van der Waals surface area contributed by atoms with Crippen LogP contribution in [0.2, 0.25) is 0 Å². The molecule has 4 aromatic rings. The van der Waals surface area contributed by atoms with E-state index in [0.717, 1.165) is 38.9 Å². The second-order valence-electron chi connectivity index (χ2n) is 8.95. The summed E-state index contributed by atoms with van der Waals surface area (Å²) in [5, 5.41) is 0.833. The standard InChI is InChI=1S/C30H30N2O3/c1-7-16-35-25-13-14-27-26(17-25)29(23-10-8-22(9-11-23)19(2)3)31-30(33)32(27)18-24-12-15-28(34-6)21(5)20(24)4/h1,8-15,17,19H,16,18H2,2-6H3. The molecule has 0 saturated heterocycles. The zero-order valence-corrected chi connectivity index (χ0v) is 20.9. The van der Waals surface area contributed by atoms with Crippen LogP contribution in [0.3, 0.4) is 0 Å². The fourth-order valence-electron chi connectivity index (χ4n) is 4.29. The molecule has 0 atom stereocenters. The Labute approximate surface area is 206 Å². The van der Waals surface area contributed by atoms with E-state index < -0.39 is 0 Å². The lowest BCUT2D eigenvalue weighted by atomic mass is 9.99. The summed E-state index contributed by atoms with van der Waals surface area (Å²) < 4.78 is 12.8. The highest BCUT2D eigenvalue weighted by atomic mass is 16.5. The van der Waals surface area contributed by atoms with Crippen LogP contribution in [0.15, 0.2) is 59.4 Å². The number of hydrogen-bond acceptors (Lipinski definition) is 4. The van der Waals surface area contributed by atoms with Crippen molar-refractivity contribution >= 4 is 10.9 Å². The number of hydrogen-bond donors (Lipinski definition) is 0. The Bertz CT molecular complexity index is 1480. The number of aromatic nitrogens is 2. The van der Waals surface area contributed by atoms with Crippen LogP contribution in [0.5, 0.6) is 11.5 Å². The average molecular weight is 467 g/mol. The van der Waals surface area contributed by atoms with Crippen molar-refractivity contribution in [2.45, 2.75) is 40.2 Å². The number of fused-ring (bicyclic) bond motifs is 1. The van der Waals surface area contributed by atoms with Crippen molar-refractivity contribution in [3.8, 4) is 35.1 Å². The molecule has 5 heteroatoms. The minimum Gasteiger partial charge on any atom is -0.496 e. The van der Waals surface area contributed by atoms with Crippen molar-refractivity contribution in [2.24, 2.45) is 0 Å². The van der Waals surface area contributed by atoms with Crippen LogP contribution in [0.1, 0.15) is 42.0 Å². The van der Waals surface area contributed by atoms with E-state index in [-0.39, 0.29) is 12.3 Å². The van der Waals surface area contributed by atoms with Crippen LogP contribution < -0.4 is 15.2 Å². The number of terminal acetylenes is 1. The minimum atomic E-state index is -0.300. The third-order valence-electron chi connectivity index (χ3n) is 6.52. The molecule has 0 fully saturated rings. The predicted molar refractivity (Wildman–Crippen MR) is 141 cm³/mol. The van der Waals surface area contributed by atoms with Gasteiger partial charge in [0.1, 0.15) is 18.1 Å². The van der Waals surface area contributed by atoms with Crippen LogP contribution in [0, 0.1) is 26.2 Å². The van der Waals surface area contributed by atoms with E-state index >= 15 is 0 Å². The van der Waals surface area contributed by atoms with Gasteiger partial charge in [-0.25, -0.2) is 4.79 Å². The van der Waals surface area contributed by atoms with Gasteiger partial charge in [0.05, 0.1) is 24.9 Å². The molecule has 0 radical (unpaired) electrons. The Morgan fingerprint density at radius 3 is 2.43 bits per heavy atom. The maximum absolute atomic E-state index is 13.4. The van der Waals surface area contributed by atoms with Crippen molar-refractivity contribution in [2.75, 3.05) is 13.7 Å². The van der Waals surface area contributed by atoms with Gasteiger partial charge < -0.3 is 9.47 Å². The van der Waals surface area contributed by atoms with Crippen LogP contribution in [0.4, 0.5) is 0 Å². The first-order valence-electron chi connectivity index (χ1n) is 11.7. The fourth-order valence-corrected chi connectivity index (χ4v) is 4.29. The molecule has 0 spiro atoms. The maximum atomic E-state index is 13.4. The summed E-state index contributed by atoms with van der Waals surface area (Å²) in [4.78, 5) is 17.9. The SMILES string of the molecule is C#CCOc1ccc2c(c1)c(-c1ccc(C(C)C)cc1)nc(=O)n2Cc1ccc(OC)c(C)c1C. The van der Waals surface area contributed by atoms with Gasteiger partial charge in [-0.1, -0.05) is 50.1 Å². The molecule has 4 rings (SSSR count). The Morgan fingerprint density at radius 1 is 1.03 bits per heavy atom. The van der Waals surface area contributed by atoms with Crippen LogP contribution in [0.25, 0.3) is 22.2 Å². The monoisotopic (exact) mass is 466 g/mol. The molecule has 0 N–H and O–H groups in total. The number of benzene rings is 3. The maximum Gasteiger partial charge on any atom is 0.348 e. The summed E-state index contributed by atoms with van der Waals surface area (Å²) in [5.74, 6) is 4.38. The zero-order valence-electron chi connectivity index (χ0n) is 20.9. The molecule has 35 heavy (non-hydrogen) atoms. The van der Waals surface area contributed by atoms with Gasteiger partial charge >= 0.3 is 5.69 Å². The zero-order chi connectivity index (χ0) is 25.1. The molecule has 0 aliphatic carbocycles. The number of ether oxygens (including phenoxy) is 2. The molecule has 0 amide bonds. The van der Waals surface area contributed by atoms with Gasteiger partial charge in [-0.2, -0.15) is 4.98 Å². The Hall–Kier alpha value is -4.04. The second kappa shape index (κ2) is 10.1. The summed E-state index contributed by atoms with van der Waals surface area (Å²) in [7, 11) is 1.66. The van der Waals surface area contributed by atoms with Gasteiger partial charge in [0.25, 0.3) is 0 Å². The highest BCUT2D eigenvalue weighted by molar-refractivity contribution is 5.93. The van der Waals surface area contributed by atoms with Gasteiger partial charge in [0, 0.05) is 10.9 Å². The van der Waals surface area contributed by atoms with Crippen molar-refractivity contribution < 1.29 is 9.47 Å². The summed E-state index contributed by atoms with van der Waals surface area (Å²) in [6.07, 6.45) is 5.38. The van der Waals surface area contributed by atoms with E-state index in [2.05, 4.69) is 36.9 Å². The van der Waals surface area contributed by atoms with Crippen LogP contribution in [-0.4, -0.2) is 23.3 Å². The van der Waals surface area contributed by atoms with Crippen molar-refractivity contribution in [3.63, 3.8) is 0 Å². The molecule has 1 heterocycles. The van der Waals surface area contributed by atoms with Gasteiger partial charge in [-0.15, -0.1) is 6.42 Å². The van der Waals surface area contributed by atoms with Crippen molar-refractivity contribution in [3.05, 3.63) is 87.3 Å². The smallest absolute Gasteiger partial charge is 0.348 e. The summed E-state index contributed by atoms with van der Waals surface area (Å²) in [6.45, 7) is 8.95. The first kappa shape index (κ1) is 24.1. The number of nitrogens with zero attached hydrogens (tertiary/aromatic N) is 2. The average Bonchev–Trinajstić information content (AvgIpc) is 2.86. The van der Waals surface area contributed by atoms with E-state index in [1.54, 1.807) is 11.7 Å². The van der Waals surface area contributed by atoms with E-state index in [9.17, 15) is 4.79 Å². The summed E-state index contributed by atoms with van der Waals surface area (Å²) >= 11 is 0. The molecule has 178 valence electrons. The Kier molecular flexibility index (Phi) is 6.93. The lowest BCUT2D eigenvalue weighted by Gasteiger charge is -2.17. The molecule has 3 aromatic carbocycles. The Morgan fingerprint density at radius 2 is 1.77 bits per heavy atom. The van der Waals surface area contributed by atoms with Gasteiger partial charge in [0.2, 0.25) is 0 Å². The lowest BCUT2D eigenvalue weighted by Crippen LogP contribution is -2.25. The summed E-state index contributed by atoms with van der Waals surface area (Å²) in [5.41, 5.74) is 6.41. The molecule has 5 nitrogen and oxygen atoms in total. The third-order valence-corrected chi connectivity index (χ3v) is 6.52. The van der Waals surface area contributed by atoms with Gasteiger partial charge in [0.15, 0.2) is 0 Å². The molecule has 1 aromatic heterocycles. The fraction of sp³-hybridized carbons (Fsp3) is 0.267. The molecule has 0 unspecified atom stereocenters. The molecule has 0 aliphatic heterocycles. The van der Waals surface area contributed by atoms with E-state index in [4.69, 9.17) is 15.9 Å². The van der Waals surface area contributed by atoms with Gasteiger partial charge in [-0.3, -0.25) is 4.57 Å². The molecular formula is C30H30N2O3. The third kappa shape index (κ3) is 4.79. The number of methoxy groups -OCH3 is 1. The largest absolute Gasteiger partial charge is 0.496 e. The predicted octanol–water partition coefficient (Wildman–Crippen LogP) is 5.87. The minimum absolute atomic E-state index is 0.168. The molecule has 0 aliphatic rings. The van der Waals surface area contributed by atoms with Gasteiger partial charge in [-0.05, 0) is 66.3 Å². The molecular weight excluding hydrogens is 436 g/mol. The molecule has 0 bridgehead atoms. The molecule has 0 saturated carbocycles. The normalized spacial score (nSPS) is 11.0. The first-order valence-corrected chi connectivity index (χ1v) is 11.7. The van der Waals surface area contributed by atoms with E-state index in [1.165, 1.54) is 5.56 Å². The highest BCUT2D eigenvalue weighted by Crippen LogP contribution is 2.31. The van der Waals surface area contributed by atoms with Crippen LogP contribution in [-0.2, 0) is 6.54 Å². The van der Waals surface area contributed by atoms with E-state index in [0.29, 0.717) is 23.9 Å².